The molecule has 0 spiro atoms. The van der Waals surface area contributed by atoms with Gasteiger partial charge >= 0.3 is 0 Å². The highest BCUT2D eigenvalue weighted by Crippen LogP contribution is 2.34. The van der Waals surface area contributed by atoms with Crippen LogP contribution in [0.25, 0.3) is 11.0 Å². The van der Waals surface area contributed by atoms with E-state index in [0.717, 1.165) is 17.4 Å². The standard InChI is InChI=1S/C18H16N2O6S/c1-20(11-21)15-10-25-16-9-14(19-27(2,23)24)17(8-13(16)18(15)22)26-12-6-4-3-5-7-12/h3-11,19H,1-2H3. The predicted molar refractivity (Wildman–Crippen MR) is 102 cm³/mol. The Hall–Kier alpha value is -3.33. The largest absolute Gasteiger partial charge is 0.462 e. The number of nitrogens with one attached hydrogen (secondary N) is 1. The van der Waals surface area contributed by atoms with Gasteiger partial charge in [-0.3, -0.25) is 14.3 Å². The fraction of sp³-hybridized carbons (Fsp3) is 0.111. The first-order chi connectivity index (χ1) is 12.8. The average molecular weight is 388 g/mol. The van der Waals surface area contributed by atoms with Gasteiger partial charge in [-0.2, -0.15) is 0 Å². The van der Waals surface area contributed by atoms with E-state index in [9.17, 15) is 18.0 Å². The first-order valence-corrected chi connectivity index (χ1v) is 9.66. The number of rotatable bonds is 6. The van der Waals surface area contributed by atoms with Crippen LogP contribution in [0.15, 0.2) is 57.9 Å². The van der Waals surface area contributed by atoms with E-state index in [1.807, 2.05) is 0 Å². The quantitative estimate of drug-likeness (QED) is 0.651. The van der Waals surface area contributed by atoms with E-state index < -0.39 is 15.5 Å². The van der Waals surface area contributed by atoms with Crippen LogP contribution in [0.3, 0.4) is 0 Å². The van der Waals surface area contributed by atoms with E-state index in [-0.39, 0.29) is 28.1 Å². The Morgan fingerprint density at radius 2 is 1.89 bits per heavy atom. The lowest BCUT2D eigenvalue weighted by Gasteiger charge is -2.14. The van der Waals surface area contributed by atoms with Gasteiger partial charge in [0, 0.05) is 13.1 Å². The van der Waals surface area contributed by atoms with Gasteiger partial charge in [0.05, 0.1) is 17.3 Å². The molecule has 27 heavy (non-hydrogen) atoms. The number of fused-ring (bicyclic) bond motifs is 1. The number of sulfonamides is 1. The number of para-hydroxylation sites is 1. The Labute approximate surface area is 155 Å². The molecule has 3 aromatic rings. The second-order valence-corrected chi connectivity index (χ2v) is 7.55. The van der Waals surface area contributed by atoms with Crippen LogP contribution in [0.5, 0.6) is 11.5 Å². The summed E-state index contributed by atoms with van der Waals surface area (Å²) >= 11 is 0. The molecule has 0 aliphatic heterocycles. The number of anilines is 2. The molecule has 140 valence electrons. The number of hydrogen-bond donors (Lipinski definition) is 1. The van der Waals surface area contributed by atoms with Crippen LogP contribution in [0.4, 0.5) is 11.4 Å². The second kappa shape index (κ2) is 7.12. The lowest BCUT2D eigenvalue weighted by molar-refractivity contribution is -0.107. The van der Waals surface area contributed by atoms with Crippen LogP contribution >= 0.6 is 0 Å². The van der Waals surface area contributed by atoms with Crippen molar-refractivity contribution in [1.29, 1.82) is 0 Å². The van der Waals surface area contributed by atoms with Crippen LogP contribution in [0.2, 0.25) is 0 Å². The van der Waals surface area contributed by atoms with Crippen molar-refractivity contribution in [2.45, 2.75) is 0 Å². The van der Waals surface area contributed by atoms with E-state index in [4.69, 9.17) is 9.15 Å². The predicted octanol–water partition coefficient (Wildman–Crippen LogP) is 2.55. The topological polar surface area (TPSA) is 106 Å². The minimum Gasteiger partial charge on any atom is -0.462 e. The number of carbonyl (C=O) groups excluding carboxylic acids is 1. The molecule has 2 aromatic carbocycles. The van der Waals surface area contributed by atoms with Crippen LogP contribution in [0.1, 0.15) is 0 Å². The Bertz CT molecular complexity index is 1160. The van der Waals surface area contributed by atoms with Gasteiger partial charge in [-0.05, 0) is 18.2 Å². The summed E-state index contributed by atoms with van der Waals surface area (Å²) in [5, 5.41) is 0.145. The molecule has 0 bridgehead atoms. The lowest BCUT2D eigenvalue weighted by Crippen LogP contribution is -2.21. The number of hydrogen-bond acceptors (Lipinski definition) is 6. The Kier molecular flexibility index (Phi) is 4.87. The van der Waals surface area contributed by atoms with Gasteiger partial charge in [0.25, 0.3) is 0 Å². The molecule has 1 amide bonds. The van der Waals surface area contributed by atoms with Crippen molar-refractivity contribution in [3.05, 3.63) is 59.0 Å². The molecule has 0 aliphatic rings. The summed E-state index contributed by atoms with van der Waals surface area (Å²) < 4.78 is 36.9. The number of benzene rings is 2. The first-order valence-electron chi connectivity index (χ1n) is 7.77. The summed E-state index contributed by atoms with van der Waals surface area (Å²) in [7, 11) is -2.18. The highest BCUT2D eigenvalue weighted by atomic mass is 32.2. The Morgan fingerprint density at radius 1 is 1.19 bits per heavy atom. The van der Waals surface area contributed by atoms with Gasteiger partial charge in [-0.25, -0.2) is 8.42 Å². The van der Waals surface area contributed by atoms with Crippen LogP contribution < -0.4 is 19.8 Å². The Balaban J connectivity index is 2.21. The minimum absolute atomic E-state index is 0.0481. The van der Waals surface area contributed by atoms with E-state index in [1.165, 1.54) is 19.2 Å². The third-order valence-electron chi connectivity index (χ3n) is 3.66. The molecular weight excluding hydrogens is 372 g/mol. The lowest BCUT2D eigenvalue weighted by atomic mass is 10.2. The third-order valence-corrected chi connectivity index (χ3v) is 4.25. The monoisotopic (exact) mass is 388 g/mol. The number of amides is 1. The van der Waals surface area contributed by atoms with Gasteiger partial charge in [0.15, 0.2) is 5.75 Å². The van der Waals surface area contributed by atoms with E-state index >= 15 is 0 Å². The fourth-order valence-electron chi connectivity index (χ4n) is 2.43. The maximum absolute atomic E-state index is 12.7. The van der Waals surface area contributed by atoms with Crippen LogP contribution in [0, 0.1) is 0 Å². The zero-order chi connectivity index (χ0) is 19.6. The van der Waals surface area contributed by atoms with E-state index in [0.29, 0.717) is 12.2 Å². The molecule has 1 aromatic heterocycles. The molecule has 8 nitrogen and oxygen atoms in total. The van der Waals surface area contributed by atoms with Crippen molar-refractivity contribution < 1.29 is 22.4 Å². The summed E-state index contributed by atoms with van der Waals surface area (Å²) in [5.41, 5.74) is -0.134. The molecule has 3 rings (SSSR count). The van der Waals surface area contributed by atoms with Gasteiger partial charge < -0.3 is 14.1 Å². The molecule has 0 saturated heterocycles. The van der Waals surface area contributed by atoms with Gasteiger partial charge in [-0.1, -0.05) is 18.2 Å². The maximum atomic E-state index is 12.7. The van der Waals surface area contributed by atoms with Crippen LogP contribution in [-0.4, -0.2) is 28.1 Å². The molecule has 0 saturated carbocycles. The maximum Gasteiger partial charge on any atom is 0.229 e. The number of nitrogens with zero attached hydrogens (tertiary/aromatic N) is 1. The molecule has 9 heteroatoms. The molecular formula is C18H16N2O6S. The van der Waals surface area contributed by atoms with Crippen molar-refractivity contribution in [2.75, 3.05) is 22.9 Å². The van der Waals surface area contributed by atoms with Crippen molar-refractivity contribution in [3.63, 3.8) is 0 Å². The van der Waals surface area contributed by atoms with Gasteiger partial charge in [-0.15, -0.1) is 0 Å². The molecule has 0 radical (unpaired) electrons. The van der Waals surface area contributed by atoms with E-state index in [1.54, 1.807) is 30.3 Å². The summed E-state index contributed by atoms with van der Waals surface area (Å²) in [6.45, 7) is 0. The minimum atomic E-state index is -3.60. The average Bonchev–Trinajstić information content (AvgIpc) is 2.62. The summed E-state index contributed by atoms with van der Waals surface area (Å²) in [4.78, 5) is 24.7. The molecule has 0 unspecified atom stereocenters. The van der Waals surface area contributed by atoms with Gasteiger partial charge in [0.1, 0.15) is 23.3 Å². The number of carbonyl (C=O) groups is 1. The van der Waals surface area contributed by atoms with Crippen molar-refractivity contribution >= 4 is 38.8 Å². The number of ether oxygens (including phenoxy) is 1. The van der Waals surface area contributed by atoms with Crippen molar-refractivity contribution in [3.8, 4) is 11.5 Å². The zero-order valence-electron chi connectivity index (χ0n) is 14.5. The summed E-state index contributed by atoms with van der Waals surface area (Å²) in [6.07, 6.45) is 2.63. The fourth-order valence-corrected chi connectivity index (χ4v) is 2.98. The smallest absolute Gasteiger partial charge is 0.229 e. The first kappa shape index (κ1) is 18.5. The summed E-state index contributed by atoms with van der Waals surface area (Å²) in [5.74, 6) is 0.580. The van der Waals surface area contributed by atoms with Crippen molar-refractivity contribution in [2.24, 2.45) is 0 Å². The normalized spacial score (nSPS) is 11.2. The molecule has 0 atom stereocenters. The van der Waals surface area contributed by atoms with Crippen LogP contribution in [-0.2, 0) is 14.8 Å². The third kappa shape index (κ3) is 4.09. The molecule has 1 heterocycles. The molecule has 1 N–H and O–H groups in total. The summed E-state index contributed by atoms with van der Waals surface area (Å²) in [6, 6.07) is 11.4. The highest BCUT2D eigenvalue weighted by molar-refractivity contribution is 7.92. The van der Waals surface area contributed by atoms with E-state index in [2.05, 4.69) is 4.72 Å². The molecule has 0 aliphatic carbocycles. The SMILES string of the molecule is CN(C=O)c1coc2cc(NS(C)(=O)=O)c(Oc3ccccc3)cc2c1=O. The zero-order valence-corrected chi connectivity index (χ0v) is 15.3. The second-order valence-electron chi connectivity index (χ2n) is 5.80. The van der Waals surface area contributed by atoms with Gasteiger partial charge in [0.2, 0.25) is 21.9 Å². The molecule has 0 fully saturated rings. The van der Waals surface area contributed by atoms with Crippen molar-refractivity contribution in [1.82, 2.24) is 0 Å². The Morgan fingerprint density at radius 3 is 2.52 bits per heavy atom. The highest BCUT2D eigenvalue weighted by Gasteiger charge is 2.17.